The molecular formula is C11H16N4O. The number of hydrogen-bond donors (Lipinski definition) is 2. The Morgan fingerprint density at radius 2 is 2.50 bits per heavy atom. The highest BCUT2D eigenvalue weighted by molar-refractivity contribution is 5.73. The summed E-state index contributed by atoms with van der Waals surface area (Å²) in [5, 5.41) is 2.93. The van der Waals surface area contributed by atoms with E-state index in [0.717, 1.165) is 25.2 Å². The molecule has 1 fully saturated rings. The van der Waals surface area contributed by atoms with Crippen molar-refractivity contribution in [1.29, 1.82) is 0 Å². The Hall–Kier alpha value is -1.78. The summed E-state index contributed by atoms with van der Waals surface area (Å²) in [7, 11) is 0. The van der Waals surface area contributed by atoms with Gasteiger partial charge in [0, 0.05) is 44.0 Å². The number of nitrogens with one attached hydrogen (secondary N) is 1. The van der Waals surface area contributed by atoms with Crippen LogP contribution in [0, 0.1) is 0 Å². The van der Waals surface area contributed by atoms with Crippen LogP contribution in [0.25, 0.3) is 0 Å². The fourth-order valence-electron chi connectivity index (χ4n) is 2.03. The van der Waals surface area contributed by atoms with Crippen molar-refractivity contribution in [2.24, 2.45) is 0 Å². The Morgan fingerprint density at radius 1 is 1.69 bits per heavy atom. The summed E-state index contributed by atoms with van der Waals surface area (Å²) in [6.45, 7) is 3.32. The van der Waals surface area contributed by atoms with Crippen LogP contribution in [0.4, 0.5) is 11.5 Å². The average molecular weight is 220 g/mol. The van der Waals surface area contributed by atoms with E-state index in [-0.39, 0.29) is 11.9 Å². The van der Waals surface area contributed by atoms with E-state index in [0.29, 0.717) is 5.82 Å². The number of nitrogens with zero attached hydrogens (tertiary/aromatic N) is 2. The van der Waals surface area contributed by atoms with Crippen LogP contribution >= 0.6 is 0 Å². The third-order valence-corrected chi connectivity index (χ3v) is 2.73. The van der Waals surface area contributed by atoms with Crippen molar-refractivity contribution in [2.45, 2.75) is 19.4 Å². The average Bonchev–Trinajstić information content (AvgIpc) is 2.65. The van der Waals surface area contributed by atoms with Crippen molar-refractivity contribution in [2.75, 3.05) is 23.7 Å². The van der Waals surface area contributed by atoms with Crippen LogP contribution in [0.5, 0.6) is 0 Å². The summed E-state index contributed by atoms with van der Waals surface area (Å²) in [6.07, 6.45) is 2.68. The van der Waals surface area contributed by atoms with Gasteiger partial charge >= 0.3 is 0 Å². The molecule has 16 heavy (non-hydrogen) atoms. The van der Waals surface area contributed by atoms with Crippen molar-refractivity contribution < 1.29 is 4.79 Å². The standard InChI is InChI=1S/C11H16N4O/c1-8(16)14-9-3-5-15(7-9)10-2-4-13-11(12)6-10/h2,4,6,9H,3,5,7H2,1H3,(H2,12,13)(H,14,16). The van der Waals surface area contributed by atoms with Gasteiger partial charge in [0.25, 0.3) is 0 Å². The van der Waals surface area contributed by atoms with Crippen LogP contribution in [-0.2, 0) is 4.79 Å². The Labute approximate surface area is 94.6 Å². The van der Waals surface area contributed by atoms with Crippen molar-refractivity contribution in [1.82, 2.24) is 10.3 Å². The first-order chi connectivity index (χ1) is 7.65. The third-order valence-electron chi connectivity index (χ3n) is 2.73. The minimum Gasteiger partial charge on any atom is -0.384 e. The largest absolute Gasteiger partial charge is 0.384 e. The molecule has 1 atom stereocenters. The maximum absolute atomic E-state index is 10.9. The van der Waals surface area contributed by atoms with Gasteiger partial charge in [-0.15, -0.1) is 0 Å². The first kappa shape index (κ1) is 10.7. The first-order valence-electron chi connectivity index (χ1n) is 5.39. The first-order valence-corrected chi connectivity index (χ1v) is 5.39. The number of anilines is 2. The van der Waals surface area contributed by atoms with Gasteiger partial charge in [-0.25, -0.2) is 4.98 Å². The predicted molar refractivity (Wildman–Crippen MR) is 63.1 cm³/mol. The molecule has 1 aromatic rings. The monoisotopic (exact) mass is 220 g/mol. The summed E-state index contributed by atoms with van der Waals surface area (Å²) in [5.74, 6) is 0.557. The second-order valence-corrected chi connectivity index (χ2v) is 4.07. The molecule has 5 heteroatoms. The molecule has 5 nitrogen and oxygen atoms in total. The molecule has 2 rings (SSSR count). The highest BCUT2D eigenvalue weighted by Gasteiger charge is 2.23. The molecule has 1 amide bonds. The highest BCUT2D eigenvalue weighted by Crippen LogP contribution is 2.20. The second-order valence-electron chi connectivity index (χ2n) is 4.07. The van der Waals surface area contributed by atoms with Gasteiger partial charge in [0.1, 0.15) is 5.82 Å². The Balaban J connectivity index is 2.00. The Morgan fingerprint density at radius 3 is 3.19 bits per heavy atom. The zero-order valence-corrected chi connectivity index (χ0v) is 9.31. The van der Waals surface area contributed by atoms with Crippen molar-refractivity contribution in [3.05, 3.63) is 18.3 Å². The SMILES string of the molecule is CC(=O)NC1CCN(c2ccnc(N)c2)C1. The van der Waals surface area contributed by atoms with Gasteiger partial charge in [-0.05, 0) is 12.5 Å². The zero-order chi connectivity index (χ0) is 11.5. The lowest BCUT2D eigenvalue weighted by Crippen LogP contribution is -2.35. The number of nitrogens with two attached hydrogens (primary N) is 1. The van der Waals surface area contributed by atoms with E-state index in [1.165, 1.54) is 0 Å². The number of aromatic nitrogens is 1. The number of hydrogen-bond acceptors (Lipinski definition) is 4. The normalized spacial score (nSPS) is 19.8. The number of rotatable bonds is 2. The summed E-state index contributed by atoms with van der Waals surface area (Å²) in [6, 6.07) is 4.04. The van der Waals surface area contributed by atoms with E-state index in [9.17, 15) is 4.79 Å². The lowest BCUT2D eigenvalue weighted by Gasteiger charge is -2.18. The minimum absolute atomic E-state index is 0.0288. The molecule has 1 aliphatic rings. The van der Waals surface area contributed by atoms with E-state index < -0.39 is 0 Å². The molecule has 0 bridgehead atoms. The minimum atomic E-state index is 0.0288. The summed E-state index contributed by atoms with van der Waals surface area (Å²) < 4.78 is 0. The zero-order valence-electron chi connectivity index (χ0n) is 9.31. The smallest absolute Gasteiger partial charge is 0.217 e. The molecule has 0 saturated carbocycles. The molecule has 3 N–H and O–H groups in total. The van der Waals surface area contributed by atoms with Gasteiger partial charge in [0.15, 0.2) is 0 Å². The van der Waals surface area contributed by atoms with E-state index in [2.05, 4.69) is 15.2 Å². The quantitative estimate of drug-likeness (QED) is 0.755. The molecule has 1 aromatic heterocycles. The van der Waals surface area contributed by atoms with E-state index in [1.807, 2.05) is 12.1 Å². The van der Waals surface area contributed by atoms with Crippen LogP contribution in [0.15, 0.2) is 18.3 Å². The number of amides is 1. The predicted octanol–water partition coefficient (Wildman–Crippen LogP) is 0.379. The van der Waals surface area contributed by atoms with Gasteiger partial charge in [-0.3, -0.25) is 4.79 Å². The molecule has 1 saturated heterocycles. The molecule has 1 unspecified atom stereocenters. The van der Waals surface area contributed by atoms with E-state index in [1.54, 1.807) is 13.1 Å². The van der Waals surface area contributed by atoms with Crippen LogP contribution in [-0.4, -0.2) is 30.0 Å². The van der Waals surface area contributed by atoms with Crippen molar-refractivity contribution in [3.8, 4) is 0 Å². The summed E-state index contributed by atoms with van der Waals surface area (Å²) in [4.78, 5) is 17.1. The van der Waals surface area contributed by atoms with Crippen LogP contribution in [0.1, 0.15) is 13.3 Å². The number of pyridine rings is 1. The number of carbonyl (C=O) groups excluding carboxylic acids is 1. The highest BCUT2D eigenvalue weighted by atomic mass is 16.1. The topological polar surface area (TPSA) is 71.2 Å². The maximum atomic E-state index is 10.9. The van der Waals surface area contributed by atoms with Gasteiger partial charge in [-0.1, -0.05) is 0 Å². The lowest BCUT2D eigenvalue weighted by atomic mass is 10.2. The molecule has 0 radical (unpaired) electrons. The van der Waals surface area contributed by atoms with Crippen molar-refractivity contribution in [3.63, 3.8) is 0 Å². The van der Waals surface area contributed by atoms with E-state index in [4.69, 9.17) is 5.73 Å². The Kier molecular flexibility index (Phi) is 2.94. The fourth-order valence-corrected chi connectivity index (χ4v) is 2.03. The second kappa shape index (κ2) is 4.38. The van der Waals surface area contributed by atoms with Gasteiger partial charge in [0.2, 0.25) is 5.91 Å². The molecule has 86 valence electrons. The fraction of sp³-hybridized carbons (Fsp3) is 0.455. The van der Waals surface area contributed by atoms with Crippen LogP contribution in [0.2, 0.25) is 0 Å². The van der Waals surface area contributed by atoms with E-state index >= 15 is 0 Å². The maximum Gasteiger partial charge on any atom is 0.217 e. The molecular weight excluding hydrogens is 204 g/mol. The van der Waals surface area contributed by atoms with Crippen LogP contribution in [0.3, 0.4) is 0 Å². The molecule has 0 spiro atoms. The van der Waals surface area contributed by atoms with Crippen LogP contribution < -0.4 is 16.0 Å². The van der Waals surface area contributed by atoms with Crippen molar-refractivity contribution >= 4 is 17.4 Å². The lowest BCUT2D eigenvalue weighted by molar-refractivity contribution is -0.119. The molecule has 0 aliphatic carbocycles. The molecule has 0 aromatic carbocycles. The third kappa shape index (κ3) is 2.42. The number of carbonyl (C=O) groups is 1. The summed E-state index contributed by atoms with van der Waals surface area (Å²) >= 11 is 0. The summed E-state index contributed by atoms with van der Waals surface area (Å²) in [5.41, 5.74) is 6.70. The Bertz CT molecular complexity index is 393. The van der Waals surface area contributed by atoms with Gasteiger partial charge < -0.3 is 16.0 Å². The van der Waals surface area contributed by atoms with Gasteiger partial charge in [0.05, 0.1) is 0 Å². The van der Waals surface area contributed by atoms with Gasteiger partial charge in [-0.2, -0.15) is 0 Å². The molecule has 1 aliphatic heterocycles. The molecule has 2 heterocycles. The number of nitrogen functional groups attached to an aromatic ring is 1.